The third-order valence-electron chi connectivity index (χ3n) is 3.70. The van der Waals surface area contributed by atoms with Gasteiger partial charge in [-0.05, 0) is 24.7 Å². The molecular weight excluding hydrogens is 200 g/mol. The van der Waals surface area contributed by atoms with Crippen LogP contribution in [0.15, 0.2) is 0 Å². The molecule has 94 valence electrons. The van der Waals surface area contributed by atoms with Gasteiger partial charge >= 0.3 is 0 Å². The number of hydrogen-bond acceptors (Lipinski definition) is 2. The molecule has 1 saturated heterocycles. The van der Waals surface area contributed by atoms with Crippen LogP contribution in [-0.2, 0) is 4.79 Å². The van der Waals surface area contributed by atoms with Crippen molar-refractivity contribution in [2.24, 2.45) is 17.1 Å². The number of nitrogens with zero attached hydrogens (tertiary/aromatic N) is 1. The van der Waals surface area contributed by atoms with Gasteiger partial charge in [0.25, 0.3) is 0 Å². The topological polar surface area (TPSA) is 46.3 Å². The number of hydrogen-bond donors (Lipinski definition) is 1. The second-order valence-electron chi connectivity index (χ2n) is 5.71. The van der Waals surface area contributed by atoms with Crippen LogP contribution in [0.1, 0.15) is 46.5 Å². The number of amides is 1. The number of carbonyl (C=O) groups excluding carboxylic acids is 1. The lowest BCUT2D eigenvalue weighted by atomic mass is 9.82. The number of piperidine rings is 1. The van der Waals surface area contributed by atoms with Crippen molar-refractivity contribution in [3.05, 3.63) is 0 Å². The van der Waals surface area contributed by atoms with E-state index in [1.54, 1.807) is 0 Å². The highest BCUT2D eigenvalue weighted by Crippen LogP contribution is 2.30. The minimum atomic E-state index is 0.0474. The molecule has 3 heteroatoms. The van der Waals surface area contributed by atoms with Crippen molar-refractivity contribution in [1.29, 1.82) is 0 Å². The molecule has 1 heterocycles. The van der Waals surface area contributed by atoms with Crippen molar-refractivity contribution in [3.63, 3.8) is 0 Å². The first kappa shape index (κ1) is 13.5. The highest BCUT2D eigenvalue weighted by atomic mass is 16.2. The van der Waals surface area contributed by atoms with Crippen molar-refractivity contribution in [1.82, 2.24) is 4.90 Å². The van der Waals surface area contributed by atoms with Gasteiger partial charge < -0.3 is 10.6 Å². The van der Waals surface area contributed by atoms with Gasteiger partial charge in [-0.2, -0.15) is 0 Å². The standard InChI is InChI=1S/C13H26N2O/c1-4-5-11(10-14)12(16)15-8-6-13(2,3)7-9-15/h11H,4-10,14H2,1-3H3. The van der Waals surface area contributed by atoms with E-state index in [0.29, 0.717) is 12.0 Å². The summed E-state index contributed by atoms with van der Waals surface area (Å²) in [5.41, 5.74) is 6.07. The summed E-state index contributed by atoms with van der Waals surface area (Å²) in [6.45, 7) is 8.97. The summed E-state index contributed by atoms with van der Waals surface area (Å²) in [5, 5.41) is 0. The van der Waals surface area contributed by atoms with Gasteiger partial charge in [-0.15, -0.1) is 0 Å². The Kier molecular flexibility index (Phi) is 4.78. The zero-order valence-electron chi connectivity index (χ0n) is 11.0. The highest BCUT2D eigenvalue weighted by molar-refractivity contribution is 5.79. The van der Waals surface area contributed by atoms with E-state index < -0.39 is 0 Å². The first-order chi connectivity index (χ1) is 7.50. The third kappa shape index (κ3) is 3.48. The summed E-state index contributed by atoms with van der Waals surface area (Å²) in [5.74, 6) is 0.325. The molecule has 1 aliphatic rings. The molecule has 0 spiro atoms. The first-order valence-corrected chi connectivity index (χ1v) is 6.49. The van der Waals surface area contributed by atoms with Gasteiger partial charge in [0, 0.05) is 19.6 Å². The van der Waals surface area contributed by atoms with E-state index in [1.807, 2.05) is 4.90 Å². The fraction of sp³-hybridized carbons (Fsp3) is 0.923. The van der Waals surface area contributed by atoms with E-state index >= 15 is 0 Å². The summed E-state index contributed by atoms with van der Waals surface area (Å²) in [6, 6.07) is 0. The first-order valence-electron chi connectivity index (χ1n) is 6.49. The predicted octanol–water partition coefficient (Wildman–Crippen LogP) is 2.01. The molecule has 3 nitrogen and oxygen atoms in total. The van der Waals surface area contributed by atoms with Gasteiger partial charge in [-0.25, -0.2) is 0 Å². The van der Waals surface area contributed by atoms with E-state index in [0.717, 1.165) is 38.8 Å². The van der Waals surface area contributed by atoms with E-state index in [2.05, 4.69) is 20.8 Å². The lowest BCUT2D eigenvalue weighted by Crippen LogP contribution is -2.45. The Morgan fingerprint density at radius 3 is 2.38 bits per heavy atom. The monoisotopic (exact) mass is 226 g/mol. The van der Waals surface area contributed by atoms with Gasteiger partial charge in [-0.1, -0.05) is 27.2 Å². The van der Waals surface area contributed by atoms with Crippen LogP contribution in [0.2, 0.25) is 0 Å². The molecule has 1 unspecified atom stereocenters. The molecule has 1 aliphatic heterocycles. The quantitative estimate of drug-likeness (QED) is 0.797. The van der Waals surface area contributed by atoms with E-state index in [4.69, 9.17) is 5.73 Å². The Labute approximate surface area is 99.4 Å². The number of likely N-dealkylation sites (tertiary alicyclic amines) is 1. The lowest BCUT2D eigenvalue weighted by Gasteiger charge is -2.38. The maximum Gasteiger partial charge on any atom is 0.226 e. The molecule has 0 radical (unpaired) electrons. The highest BCUT2D eigenvalue weighted by Gasteiger charge is 2.30. The van der Waals surface area contributed by atoms with Crippen LogP contribution in [0, 0.1) is 11.3 Å². The molecule has 2 N–H and O–H groups in total. The van der Waals surface area contributed by atoms with Gasteiger partial charge in [-0.3, -0.25) is 4.79 Å². The van der Waals surface area contributed by atoms with E-state index in [9.17, 15) is 4.79 Å². The Morgan fingerprint density at radius 2 is 1.94 bits per heavy atom. The SMILES string of the molecule is CCCC(CN)C(=O)N1CCC(C)(C)CC1. The Bertz CT molecular complexity index is 228. The molecular formula is C13H26N2O. The zero-order chi connectivity index (χ0) is 12.2. The Hall–Kier alpha value is -0.570. The smallest absolute Gasteiger partial charge is 0.226 e. The van der Waals surface area contributed by atoms with Gasteiger partial charge in [0.05, 0.1) is 5.92 Å². The summed E-state index contributed by atoms with van der Waals surface area (Å²) >= 11 is 0. The largest absolute Gasteiger partial charge is 0.342 e. The molecule has 0 aromatic rings. The minimum absolute atomic E-state index is 0.0474. The fourth-order valence-corrected chi connectivity index (χ4v) is 2.28. The van der Waals surface area contributed by atoms with Crippen LogP contribution in [0.4, 0.5) is 0 Å². The van der Waals surface area contributed by atoms with Crippen LogP contribution in [0.5, 0.6) is 0 Å². The van der Waals surface area contributed by atoms with Crippen molar-refractivity contribution in [3.8, 4) is 0 Å². The average Bonchev–Trinajstić information content (AvgIpc) is 2.25. The normalized spacial score (nSPS) is 21.9. The maximum absolute atomic E-state index is 12.2. The summed E-state index contributed by atoms with van der Waals surface area (Å²) in [6.07, 6.45) is 4.19. The lowest BCUT2D eigenvalue weighted by molar-refractivity contribution is -0.137. The van der Waals surface area contributed by atoms with Crippen LogP contribution in [0.3, 0.4) is 0 Å². The molecule has 1 amide bonds. The van der Waals surface area contributed by atoms with Crippen LogP contribution >= 0.6 is 0 Å². The van der Waals surface area contributed by atoms with Gasteiger partial charge in [0.2, 0.25) is 5.91 Å². The molecule has 0 saturated carbocycles. The maximum atomic E-state index is 12.2. The fourth-order valence-electron chi connectivity index (χ4n) is 2.28. The molecule has 0 aromatic carbocycles. The summed E-state index contributed by atoms with van der Waals surface area (Å²) in [7, 11) is 0. The molecule has 1 atom stereocenters. The van der Waals surface area contributed by atoms with Crippen molar-refractivity contribution in [2.75, 3.05) is 19.6 Å². The number of nitrogens with two attached hydrogens (primary N) is 1. The number of rotatable bonds is 4. The van der Waals surface area contributed by atoms with Gasteiger partial charge in [0.15, 0.2) is 0 Å². The predicted molar refractivity (Wildman–Crippen MR) is 67.0 cm³/mol. The second kappa shape index (κ2) is 5.67. The van der Waals surface area contributed by atoms with Crippen LogP contribution in [0.25, 0.3) is 0 Å². The van der Waals surface area contributed by atoms with E-state index in [-0.39, 0.29) is 11.8 Å². The summed E-state index contributed by atoms with van der Waals surface area (Å²) < 4.78 is 0. The Morgan fingerprint density at radius 1 is 1.38 bits per heavy atom. The molecule has 1 fully saturated rings. The molecule has 0 aromatic heterocycles. The average molecular weight is 226 g/mol. The van der Waals surface area contributed by atoms with Crippen molar-refractivity contribution >= 4 is 5.91 Å². The third-order valence-corrected chi connectivity index (χ3v) is 3.70. The summed E-state index contributed by atoms with van der Waals surface area (Å²) in [4.78, 5) is 14.2. The number of carbonyl (C=O) groups is 1. The van der Waals surface area contributed by atoms with Crippen LogP contribution in [-0.4, -0.2) is 30.4 Å². The van der Waals surface area contributed by atoms with E-state index in [1.165, 1.54) is 0 Å². The van der Waals surface area contributed by atoms with Crippen LogP contribution < -0.4 is 5.73 Å². The van der Waals surface area contributed by atoms with Crippen molar-refractivity contribution in [2.45, 2.75) is 46.5 Å². The Balaban J connectivity index is 2.49. The molecule has 0 bridgehead atoms. The molecule has 0 aliphatic carbocycles. The van der Waals surface area contributed by atoms with Crippen molar-refractivity contribution < 1.29 is 4.79 Å². The molecule has 16 heavy (non-hydrogen) atoms. The zero-order valence-corrected chi connectivity index (χ0v) is 11.0. The van der Waals surface area contributed by atoms with Gasteiger partial charge in [0.1, 0.15) is 0 Å². The second-order valence-corrected chi connectivity index (χ2v) is 5.71. The molecule has 1 rings (SSSR count). The minimum Gasteiger partial charge on any atom is -0.342 e.